The zero-order valence-electron chi connectivity index (χ0n) is 28.9. The lowest BCUT2D eigenvalue weighted by Crippen LogP contribution is -2.53. The van der Waals surface area contributed by atoms with Gasteiger partial charge in [-0.2, -0.15) is 26.3 Å². The monoisotopic (exact) mass is 714 g/mol. The van der Waals surface area contributed by atoms with Gasteiger partial charge in [-0.1, -0.05) is 128 Å². The van der Waals surface area contributed by atoms with E-state index in [4.69, 9.17) is 9.84 Å². The van der Waals surface area contributed by atoms with Crippen molar-refractivity contribution in [3.8, 4) is 0 Å². The SMILES string of the molecule is CC1CN(C(c2ccccc2)c2ccccc2)C1.FC(F)(F)CCCOC1CN(C(c2ccccc2)c2ccccc2)C1.OCCCC(F)(F)F. The molecule has 4 aromatic carbocycles. The number of likely N-dealkylation sites (tertiary alicyclic amines) is 2. The maximum Gasteiger partial charge on any atom is 0.389 e. The van der Waals surface area contributed by atoms with E-state index in [-0.39, 0.29) is 38.2 Å². The molecule has 2 aliphatic rings. The summed E-state index contributed by atoms with van der Waals surface area (Å²) in [4.78, 5) is 4.87. The Morgan fingerprint density at radius 1 is 0.569 bits per heavy atom. The number of hydrogen-bond donors (Lipinski definition) is 1. The predicted molar refractivity (Wildman–Crippen MR) is 189 cm³/mol. The van der Waals surface area contributed by atoms with Crippen LogP contribution in [0.2, 0.25) is 0 Å². The molecule has 0 aliphatic carbocycles. The van der Waals surface area contributed by atoms with E-state index in [1.807, 2.05) is 36.4 Å². The van der Waals surface area contributed by atoms with E-state index >= 15 is 0 Å². The predicted octanol–water partition coefficient (Wildman–Crippen LogP) is 9.87. The molecule has 4 nitrogen and oxygen atoms in total. The lowest BCUT2D eigenvalue weighted by Gasteiger charge is -2.44. The first-order valence-corrected chi connectivity index (χ1v) is 17.5. The summed E-state index contributed by atoms with van der Waals surface area (Å²) in [5, 5.41) is 7.93. The number of hydrogen-bond acceptors (Lipinski definition) is 4. The van der Waals surface area contributed by atoms with Crippen LogP contribution in [-0.2, 0) is 4.74 Å². The Hall–Kier alpha value is -3.70. The van der Waals surface area contributed by atoms with Crippen LogP contribution < -0.4 is 0 Å². The van der Waals surface area contributed by atoms with E-state index in [2.05, 4.69) is 102 Å². The molecule has 0 aromatic heterocycles. The van der Waals surface area contributed by atoms with Crippen LogP contribution >= 0.6 is 0 Å². The smallest absolute Gasteiger partial charge is 0.389 e. The Morgan fingerprint density at radius 2 is 0.902 bits per heavy atom. The van der Waals surface area contributed by atoms with E-state index in [1.54, 1.807) is 0 Å². The quantitative estimate of drug-likeness (QED) is 0.117. The van der Waals surface area contributed by atoms with E-state index in [1.165, 1.54) is 35.3 Å². The molecule has 6 rings (SSSR count). The van der Waals surface area contributed by atoms with Crippen molar-refractivity contribution < 1.29 is 36.2 Å². The highest BCUT2D eigenvalue weighted by Gasteiger charge is 2.35. The van der Waals surface area contributed by atoms with Crippen LogP contribution in [0.3, 0.4) is 0 Å². The summed E-state index contributed by atoms with van der Waals surface area (Å²) in [5.74, 6) is 0.833. The molecule has 0 unspecified atom stereocenters. The van der Waals surface area contributed by atoms with Crippen molar-refractivity contribution in [1.29, 1.82) is 0 Å². The second-order valence-corrected chi connectivity index (χ2v) is 13.1. The second kappa shape index (κ2) is 19.8. The van der Waals surface area contributed by atoms with Crippen LogP contribution in [0.25, 0.3) is 0 Å². The van der Waals surface area contributed by atoms with Crippen LogP contribution in [0.15, 0.2) is 121 Å². The van der Waals surface area contributed by atoms with E-state index < -0.39 is 25.2 Å². The van der Waals surface area contributed by atoms with Gasteiger partial charge in [0.2, 0.25) is 0 Å². The molecule has 0 atom stereocenters. The molecule has 0 bridgehead atoms. The van der Waals surface area contributed by atoms with Gasteiger partial charge in [0.05, 0.1) is 18.2 Å². The molecule has 0 spiro atoms. The van der Waals surface area contributed by atoms with Crippen LogP contribution in [0.5, 0.6) is 0 Å². The molecule has 4 aromatic rings. The summed E-state index contributed by atoms with van der Waals surface area (Å²) in [7, 11) is 0. The molecule has 2 saturated heterocycles. The van der Waals surface area contributed by atoms with Crippen molar-refractivity contribution in [3.63, 3.8) is 0 Å². The van der Waals surface area contributed by atoms with Gasteiger partial charge in [0.1, 0.15) is 0 Å². The van der Waals surface area contributed by atoms with Crippen molar-refractivity contribution in [2.75, 3.05) is 39.4 Å². The van der Waals surface area contributed by atoms with Crippen LogP contribution in [0, 0.1) is 5.92 Å². The van der Waals surface area contributed by atoms with E-state index in [0.717, 1.165) is 19.0 Å². The fourth-order valence-corrected chi connectivity index (χ4v) is 6.32. The molecule has 2 heterocycles. The zero-order valence-corrected chi connectivity index (χ0v) is 28.9. The molecule has 2 fully saturated rings. The van der Waals surface area contributed by atoms with Gasteiger partial charge in [-0.15, -0.1) is 0 Å². The zero-order chi connectivity index (χ0) is 36.7. The molecular weight excluding hydrogens is 666 g/mol. The number of rotatable bonds is 12. The first-order valence-electron chi connectivity index (χ1n) is 17.5. The highest BCUT2D eigenvalue weighted by Crippen LogP contribution is 2.35. The second-order valence-electron chi connectivity index (χ2n) is 13.1. The minimum Gasteiger partial charge on any atom is -0.396 e. The third kappa shape index (κ3) is 13.7. The molecule has 0 radical (unpaired) electrons. The van der Waals surface area contributed by atoms with Gasteiger partial charge in [-0.25, -0.2) is 0 Å². The normalized spacial score (nSPS) is 15.7. The number of halogens is 6. The molecule has 0 saturated carbocycles. The lowest BCUT2D eigenvalue weighted by atomic mass is 9.91. The average Bonchev–Trinajstić information content (AvgIpc) is 3.09. The number of ether oxygens (including phenoxy) is 1. The van der Waals surface area contributed by atoms with Gasteiger partial charge in [-0.3, -0.25) is 9.80 Å². The first kappa shape index (κ1) is 40.1. The standard InChI is InChI=1S/C20H22F3NO.C17H19N.C4H7F3O/c21-20(22,23)12-7-13-25-18-14-24(15-18)19(16-8-3-1-4-9-16)17-10-5-2-6-11-17;1-14-12-18(13-14)17(15-8-4-2-5-9-15)16-10-6-3-7-11-16;5-4(6,7)2-1-3-8/h1-6,8-11,18-19H,7,12-15H2;2-11,14,17H,12-13H2,1H3;8H,1-3H2. The average molecular weight is 715 g/mol. The largest absolute Gasteiger partial charge is 0.396 e. The molecule has 1 N–H and O–H groups in total. The fourth-order valence-electron chi connectivity index (χ4n) is 6.32. The number of aliphatic hydroxyl groups is 1. The Balaban J connectivity index is 0.000000195. The van der Waals surface area contributed by atoms with Crippen molar-refractivity contribution >= 4 is 0 Å². The number of aliphatic hydroxyl groups excluding tert-OH is 1. The fraction of sp³-hybridized carbons (Fsp3) is 0.415. The third-order valence-electron chi connectivity index (χ3n) is 8.74. The Bertz CT molecular complexity index is 1420. The molecular formula is C41H48F6N2O2. The summed E-state index contributed by atoms with van der Waals surface area (Å²) in [5.41, 5.74) is 5.22. The van der Waals surface area contributed by atoms with Crippen molar-refractivity contribution in [2.45, 2.75) is 63.1 Å². The van der Waals surface area contributed by atoms with Crippen LogP contribution in [-0.4, -0.2) is 72.8 Å². The summed E-state index contributed by atoms with van der Waals surface area (Å²) in [6, 6.07) is 42.7. The van der Waals surface area contributed by atoms with Crippen molar-refractivity contribution in [3.05, 3.63) is 144 Å². The van der Waals surface area contributed by atoms with Crippen molar-refractivity contribution in [2.24, 2.45) is 5.92 Å². The summed E-state index contributed by atoms with van der Waals surface area (Å²) >= 11 is 0. The highest BCUT2D eigenvalue weighted by molar-refractivity contribution is 5.33. The number of nitrogens with zero attached hydrogens (tertiary/aromatic N) is 2. The van der Waals surface area contributed by atoms with Gasteiger partial charge >= 0.3 is 12.4 Å². The number of benzene rings is 4. The Morgan fingerprint density at radius 3 is 1.20 bits per heavy atom. The van der Waals surface area contributed by atoms with Crippen LogP contribution in [0.4, 0.5) is 26.3 Å². The first-order chi connectivity index (χ1) is 24.4. The third-order valence-corrected chi connectivity index (χ3v) is 8.74. The Labute approximate surface area is 297 Å². The van der Waals surface area contributed by atoms with Gasteiger partial charge in [0.25, 0.3) is 0 Å². The molecule has 276 valence electrons. The van der Waals surface area contributed by atoms with Gasteiger partial charge in [0.15, 0.2) is 0 Å². The minimum atomic E-state index is -4.11. The van der Waals surface area contributed by atoms with Gasteiger partial charge in [0, 0.05) is 52.2 Å². The Kier molecular flexibility index (Phi) is 15.5. The van der Waals surface area contributed by atoms with Gasteiger partial charge < -0.3 is 9.84 Å². The molecule has 2 aliphatic heterocycles. The molecule has 0 amide bonds. The lowest BCUT2D eigenvalue weighted by molar-refractivity contribution is -0.141. The van der Waals surface area contributed by atoms with Crippen LogP contribution in [0.1, 0.15) is 66.9 Å². The number of alkyl halides is 6. The topological polar surface area (TPSA) is 35.9 Å². The van der Waals surface area contributed by atoms with E-state index in [0.29, 0.717) is 6.04 Å². The van der Waals surface area contributed by atoms with E-state index in [9.17, 15) is 26.3 Å². The highest BCUT2D eigenvalue weighted by atomic mass is 19.4. The summed E-state index contributed by atoms with van der Waals surface area (Å²) in [6.07, 6.45) is -10.0. The minimum absolute atomic E-state index is 0.0168. The molecule has 10 heteroatoms. The maximum atomic E-state index is 12.2. The molecule has 51 heavy (non-hydrogen) atoms. The maximum absolute atomic E-state index is 12.2. The van der Waals surface area contributed by atoms with Crippen molar-refractivity contribution in [1.82, 2.24) is 9.80 Å². The van der Waals surface area contributed by atoms with Gasteiger partial charge in [-0.05, 0) is 41.0 Å². The summed E-state index contributed by atoms with van der Waals surface area (Å²) in [6.45, 7) is 5.98. The summed E-state index contributed by atoms with van der Waals surface area (Å²) < 4.78 is 75.4.